The van der Waals surface area contributed by atoms with Crippen LogP contribution in [0.3, 0.4) is 0 Å². The molecule has 35 heavy (non-hydrogen) atoms. The third kappa shape index (κ3) is 4.55. The van der Waals surface area contributed by atoms with Gasteiger partial charge in [0.1, 0.15) is 0 Å². The Kier molecular flexibility index (Phi) is 6.35. The van der Waals surface area contributed by atoms with Crippen molar-refractivity contribution in [2.24, 2.45) is 17.0 Å². The van der Waals surface area contributed by atoms with Crippen molar-refractivity contribution in [2.45, 2.75) is 6.92 Å². The second-order valence-electron chi connectivity index (χ2n) is 8.46. The molecule has 0 atom stereocenters. The molecule has 0 aliphatic carbocycles. The molecule has 2 aromatic carbocycles. The van der Waals surface area contributed by atoms with E-state index in [-0.39, 0.29) is 0 Å². The number of fused-ring (bicyclic) bond motifs is 2. The van der Waals surface area contributed by atoms with Gasteiger partial charge < -0.3 is 9.88 Å². The average molecular weight is 461 g/mol. The number of benzene rings is 2. The van der Waals surface area contributed by atoms with Crippen LogP contribution in [0.15, 0.2) is 99.9 Å². The SMILES string of the molecule is C/C=C(\C=NC)C1=CC=NCC=C1CNc1cc(-c2ccc3ccn(C)c3c2)c2nccnc2c1. The molecular weight excluding hydrogens is 432 g/mol. The van der Waals surface area contributed by atoms with Crippen molar-refractivity contribution in [3.8, 4) is 11.1 Å². The Morgan fingerprint density at radius 3 is 2.89 bits per heavy atom. The molecule has 4 aromatic rings. The number of nitrogens with zero attached hydrogens (tertiary/aromatic N) is 5. The summed E-state index contributed by atoms with van der Waals surface area (Å²) in [5, 5.41) is 4.85. The highest BCUT2D eigenvalue weighted by Gasteiger charge is 2.13. The van der Waals surface area contributed by atoms with E-state index in [9.17, 15) is 0 Å². The van der Waals surface area contributed by atoms with Crippen LogP contribution >= 0.6 is 0 Å². The van der Waals surface area contributed by atoms with Crippen molar-refractivity contribution in [2.75, 3.05) is 25.5 Å². The summed E-state index contributed by atoms with van der Waals surface area (Å²) in [7, 11) is 3.86. The smallest absolute Gasteiger partial charge is 0.0966 e. The first kappa shape index (κ1) is 22.5. The minimum Gasteiger partial charge on any atom is -0.381 e. The standard InChI is InChI=1S/C29H28N6/c1-4-20(18-30-2)25-8-11-31-10-7-23(25)19-34-24-16-26(29-27(17-24)32-12-13-33-29)22-6-5-21-9-14-35(3)28(21)15-22/h4-9,11-18,34H,10,19H2,1-3H3/b20-4+,30-18?. The third-order valence-corrected chi connectivity index (χ3v) is 6.28. The van der Waals surface area contributed by atoms with Crippen molar-refractivity contribution in [3.05, 3.63) is 89.9 Å². The van der Waals surface area contributed by atoms with Crippen molar-refractivity contribution < 1.29 is 0 Å². The zero-order chi connectivity index (χ0) is 24.2. The van der Waals surface area contributed by atoms with Crippen molar-refractivity contribution in [1.82, 2.24) is 14.5 Å². The molecule has 0 bridgehead atoms. The van der Waals surface area contributed by atoms with Gasteiger partial charge in [-0.05, 0) is 64.9 Å². The molecule has 2 aromatic heterocycles. The fraction of sp³-hybridized carbons (Fsp3) is 0.172. The lowest BCUT2D eigenvalue weighted by Crippen LogP contribution is -2.09. The average Bonchev–Trinajstić information content (AvgIpc) is 3.10. The number of nitrogens with one attached hydrogen (secondary N) is 1. The van der Waals surface area contributed by atoms with Gasteiger partial charge >= 0.3 is 0 Å². The summed E-state index contributed by atoms with van der Waals surface area (Å²) in [6, 6.07) is 12.9. The van der Waals surface area contributed by atoms with Crippen LogP contribution < -0.4 is 5.32 Å². The lowest BCUT2D eigenvalue weighted by Gasteiger charge is -2.16. The van der Waals surface area contributed by atoms with E-state index in [0.717, 1.165) is 39.0 Å². The van der Waals surface area contributed by atoms with Crippen LogP contribution in [0.1, 0.15) is 6.92 Å². The maximum atomic E-state index is 4.66. The molecule has 0 saturated carbocycles. The van der Waals surface area contributed by atoms with Crippen molar-refractivity contribution >= 4 is 40.1 Å². The Morgan fingerprint density at radius 1 is 1.14 bits per heavy atom. The Bertz CT molecular complexity index is 1550. The molecule has 1 aliphatic heterocycles. The van der Waals surface area contributed by atoms with E-state index in [0.29, 0.717) is 13.1 Å². The molecule has 3 heterocycles. The summed E-state index contributed by atoms with van der Waals surface area (Å²) in [6.45, 7) is 3.34. The fourth-order valence-corrected chi connectivity index (χ4v) is 4.48. The molecule has 0 saturated heterocycles. The molecule has 0 spiro atoms. The normalized spacial score (nSPS) is 14.4. The van der Waals surface area contributed by atoms with Gasteiger partial charge in [0.05, 0.1) is 17.6 Å². The Balaban J connectivity index is 1.52. The first-order valence-electron chi connectivity index (χ1n) is 11.7. The molecule has 1 aliphatic rings. The van der Waals surface area contributed by atoms with Gasteiger partial charge in [0.15, 0.2) is 0 Å². The third-order valence-electron chi connectivity index (χ3n) is 6.28. The number of anilines is 1. The molecule has 1 N–H and O–H groups in total. The molecular formula is C29H28N6. The minimum absolute atomic E-state index is 0.655. The van der Waals surface area contributed by atoms with E-state index in [1.165, 1.54) is 16.5 Å². The van der Waals surface area contributed by atoms with Crippen LogP contribution in [0.5, 0.6) is 0 Å². The molecule has 0 fully saturated rings. The summed E-state index contributed by atoms with van der Waals surface area (Å²) >= 11 is 0. The lowest BCUT2D eigenvalue weighted by atomic mass is 9.97. The van der Waals surface area contributed by atoms with Crippen LogP contribution in [-0.4, -0.2) is 47.1 Å². The number of rotatable bonds is 6. The molecule has 0 amide bonds. The highest BCUT2D eigenvalue weighted by atomic mass is 14.9. The maximum Gasteiger partial charge on any atom is 0.0966 e. The van der Waals surface area contributed by atoms with Crippen LogP contribution in [0.25, 0.3) is 33.1 Å². The monoisotopic (exact) mass is 460 g/mol. The highest BCUT2D eigenvalue weighted by Crippen LogP contribution is 2.32. The van der Waals surface area contributed by atoms with Crippen LogP contribution in [0.2, 0.25) is 0 Å². The highest BCUT2D eigenvalue weighted by molar-refractivity contribution is 5.97. The van der Waals surface area contributed by atoms with E-state index in [4.69, 9.17) is 0 Å². The molecule has 0 radical (unpaired) electrons. The number of aryl methyl sites for hydroxylation is 1. The Labute approximate surface area is 205 Å². The van der Waals surface area contributed by atoms with E-state index in [2.05, 4.69) is 97.7 Å². The molecule has 0 unspecified atom stereocenters. The number of hydrogen-bond donors (Lipinski definition) is 1. The summed E-state index contributed by atoms with van der Waals surface area (Å²) < 4.78 is 2.14. The summed E-state index contributed by atoms with van der Waals surface area (Å²) in [5.41, 5.74) is 9.50. The van der Waals surface area contributed by atoms with E-state index >= 15 is 0 Å². The molecule has 174 valence electrons. The molecule has 5 rings (SSSR count). The van der Waals surface area contributed by atoms with Crippen LogP contribution in [0.4, 0.5) is 5.69 Å². The molecule has 6 nitrogen and oxygen atoms in total. The Hall–Kier alpha value is -4.32. The first-order chi connectivity index (χ1) is 17.2. The second kappa shape index (κ2) is 9.89. The number of aromatic nitrogens is 3. The fourth-order valence-electron chi connectivity index (χ4n) is 4.48. The van der Waals surface area contributed by atoms with E-state index in [1.807, 2.05) is 19.4 Å². The number of hydrogen-bond acceptors (Lipinski definition) is 5. The predicted octanol–water partition coefficient (Wildman–Crippen LogP) is 5.78. The van der Waals surface area contributed by atoms with Gasteiger partial charge in [-0.2, -0.15) is 0 Å². The number of allylic oxidation sites excluding steroid dienone is 3. The second-order valence-corrected chi connectivity index (χ2v) is 8.46. The number of aliphatic imine (C=N–C) groups is 2. The van der Waals surface area contributed by atoms with Gasteiger partial charge in [0, 0.05) is 68.4 Å². The van der Waals surface area contributed by atoms with Crippen LogP contribution in [-0.2, 0) is 7.05 Å². The van der Waals surface area contributed by atoms with Crippen molar-refractivity contribution in [3.63, 3.8) is 0 Å². The van der Waals surface area contributed by atoms with Gasteiger partial charge in [-0.3, -0.25) is 20.0 Å². The minimum atomic E-state index is 0.655. The zero-order valence-electron chi connectivity index (χ0n) is 20.2. The molecule has 6 heteroatoms. The lowest BCUT2D eigenvalue weighted by molar-refractivity contribution is 0.969. The van der Waals surface area contributed by atoms with Gasteiger partial charge in [0.25, 0.3) is 0 Å². The van der Waals surface area contributed by atoms with Gasteiger partial charge in [-0.1, -0.05) is 24.3 Å². The van der Waals surface area contributed by atoms with E-state index in [1.54, 1.807) is 19.4 Å². The first-order valence-corrected chi connectivity index (χ1v) is 11.7. The zero-order valence-corrected chi connectivity index (χ0v) is 20.2. The summed E-state index contributed by atoms with van der Waals surface area (Å²) in [4.78, 5) is 17.9. The van der Waals surface area contributed by atoms with Crippen molar-refractivity contribution in [1.29, 1.82) is 0 Å². The summed E-state index contributed by atoms with van der Waals surface area (Å²) in [5.74, 6) is 0. The van der Waals surface area contributed by atoms with Crippen LogP contribution in [0, 0.1) is 0 Å². The predicted molar refractivity (Wildman–Crippen MR) is 148 cm³/mol. The topological polar surface area (TPSA) is 67.5 Å². The van der Waals surface area contributed by atoms with Gasteiger partial charge in [-0.15, -0.1) is 0 Å². The largest absolute Gasteiger partial charge is 0.381 e. The van der Waals surface area contributed by atoms with Gasteiger partial charge in [-0.25, -0.2) is 0 Å². The quantitative estimate of drug-likeness (QED) is 0.371. The van der Waals surface area contributed by atoms with Gasteiger partial charge in [0.2, 0.25) is 0 Å². The van der Waals surface area contributed by atoms with E-state index < -0.39 is 0 Å². The summed E-state index contributed by atoms with van der Waals surface area (Å²) in [6.07, 6.45) is 15.6. The Morgan fingerprint density at radius 2 is 2.03 bits per heavy atom. The maximum absolute atomic E-state index is 4.66.